The van der Waals surface area contributed by atoms with Crippen LogP contribution in [-0.4, -0.2) is 40.0 Å². The Kier molecular flexibility index (Phi) is 3.41. The molecule has 0 spiro atoms. The number of fused-ring (bicyclic) bond motifs is 1. The number of hydrogen-bond donors (Lipinski definition) is 2. The molecule has 5 heteroatoms. The number of aromatic amines is 1. The quantitative estimate of drug-likeness (QED) is 0.890. The van der Waals surface area contributed by atoms with Crippen LogP contribution < -0.4 is 0 Å². The molecule has 0 radical (unpaired) electrons. The summed E-state index contributed by atoms with van der Waals surface area (Å²) in [6.45, 7) is 2.88. The van der Waals surface area contributed by atoms with E-state index in [2.05, 4.69) is 4.98 Å². The van der Waals surface area contributed by atoms with Crippen LogP contribution in [0.25, 0.3) is 10.9 Å². The minimum Gasteiger partial charge on any atom is -0.481 e. The highest BCUT2D eigenvalue weighted by atomic mass is 16.4. The number of benzene rings is 1. The lowest BCUT2D eigenvalue weighted by molar-refractivity contribution is -0.145. The molecule has 21 heavy (non-hydrogen) atoms. The normalized spacial score (nSPS) is 22.4. The van der Waals surface area contributed by atoms with Gasteiger partial charge in [0.25, 0.3) is 5.91 Å². The van der Waals surface area contributed by atoms with Gasteiger partial charge in [-0.05, 0) is 24.5 Å². The number of aromatic nitrogens is 1. The molecule has 2 heterocycles. The van der Waals surface area contributed by atoms with Crippen molar-refractivity contribution in [3.63, 3.8) is 0 Å². The van der Waals surface area contributed by atoms with Crippen LogP contribution in [0.5, 0.6) is 0 Å². The predicted octanol–water partition coefficient (Wildman–Crippen LogP) is 2.35. The predicted molar refractivity (Wildman–Crippen MR) is 79.1 cm³/mol. The second-order valence-electron chi connectivity index (χ2n) is 5.73. The second-order valence-corrected chi connectivity index (χ2v) is 5.73. The summed E-state index contributed by atoms with van der Waals surface area (Å²) < 4.78 is 0. The molecule has 0 aliphatic carbocycles. The second kappa shape index (κ2) is 5.24. The number of carboxylic acids is 1. The maximum Gasteiger partial charge on any atom is 0.306 e. The van der Waals surface area contributed by atoms with Gasteiger partial charge >= 0.3 is 5.97 Å². The van der Waals surface area contributed by atoms with Gasteiger partial charge < -0.3 is 15.0 Å². The van der Waals surface area contributed by atoms with Crippen LogP contribution in [0.15, 0.2) is 30.3 Å². The summed E-state index contributed by atoms with van der Waals surface area (Å²) in [6.07, 6.45) is 0.516. The van der Waals surface area contributed by atoms with Crippen LogP contribution in [0.4, 0.5) is 0 Å². The average molecular weight is 286 g/mol. The van der Waals surface area contributed by atoms with E-state index in [4.69, 9.17) is 5.11 Å². The molecule has 2 unspecified atom stereocenters. The van der Waals surface area contributed by atoms with Gasteiger partial charge in [-0.25, -0.2) is 0 Å². The van der Waals surface area contributed by atoms with Crippen molar-refractivity contribution in [1.29, 1.82) is 0 Å². The summed E-state index contributed by atoms with van der Waals surface area (Å²) in [5, 5.41) is 10.1. The minimum absolute atomic E-state index is 0.0235. The van der Waals surface area contributed by atoms with E-state index in [9.17, 15) is 9.59 Å². The third-order valence-corrected chi connectivity index (χ3v) is 4.27. The molecule has 1 aromatic heterocycles. The lowest BCUT2D eigenvalue weighted by Gasteiger charge is -2.34. The molecule has 1 amide bonds. The number of para-hydroxylation sites is 1. The number of H-pyrrole nitrogens is 1. The van der Waals surface area contributed by atoms with E-state index in [0.717, 1.165) is 10.9 Å². The van der Waals surface area contributed by atoms with Crippen molar-refractivity contribution in [3.05, 3.63) is 36.0 Å². The lowest BCUT2D eigenvalue weighted by atomic mass is 9.87. The first-order valence-electron chi connectivity index (χ1n) is 7.16. The molecule has 1 fully saturated rings. The zero-order valence-electron chi connectivity index (χ0n) is 11.9. The number of aliphatic carboxylic acids is 1. The van der Waals surface area contributed by atoms with E-state index in [1.807, 2.05) is 37.3 Å². The molecule has 2 aromatic rings. The van der Waals surface area contributed by atoms with E-state index in [1.165, 1.54) is 0 Å². The Morgan fingerprint density at radius 2 is 2.10 bits per heavy atom. The number of nitrogens with zero attached hydrogens (tertiary/aromatic N) is 1. The molecular formula is C16H18N2O3. The zero-order chi connectivity index (χ0) is 15.0. The van der Waals surface area contributed by atoms with Gasteiger partial charge in [0.2, 0.25) is 0 Å². The van der Waals surface area contributed by atoms with Gasteiger partial charge in [-0.1, -0.05) is 25.1 Å². The summed E-state index contributed by atoms with van der Waals surface area (Å²) in [6, 6.07) is 9.61. The Bertz CT molecular complexity index is 659. The number of carbonyl (C=O) groups excluding carboxylic acids is 1. The lowest BCUT2D eigenvalue weighted by Crippen LogP contribution is -2.45. The number of hydrogen-bond acceptors (Lipinski definition) is 2. The first kappa shape index (κ1) is 13.7. The Morgan fingerprint density at radius 1 is 1.33 bits per heavy atom. The van der Waals surface area contributed by atoms with Crippen molar-refractivity contribution < 1.29 is 14.7 Å². The molecule has 2 atom stereocenters. The third kappa shape index (κ3) is 2.51. The van der Waals surface area contributed by atoms with Gasteiger partial charge in [0.05, 0.1) is 5.92 Å². The fourth-order valence-corrected chi connectivity index (χ4v) is 3.06. The minimum atomic E-state index is -0.764. The number of likely N-dealkylation sites (tertiary alicyclic amines) is 1. The first-order chi connectivity index (χ1) is 10.1. The van der Waals surface area contributed by atoms with Gasteiger partial charge in [0.15, 0.2) is 0 Å². The van der Waals surface area contributed by atoms with E-state index in [-0.39, 0.29) is 17.7 Å². The summed E-state index contributed by atoms with van der Waals surface area (Å²) in [5.74, 6) is -1.19. The highest BCUT2D eigenvalue weighted by molar-refractivity contribution is 5.98. The van der Waals surface area contributed by atoms with Crippen molar-refractivity contribution in [1.82, 2.24) is 9.88 Å². The molecule has 1 aliphatic rings. The summed E-state index contributed by atoms with van der Waals surface area (Å²) in [7, 11) is 0. The monoisotopic (exact) mass is 286 g/mol. The van der Waals surface area contributed by atoms with Crippen molar-refractivity contribution in [2.75, 3.05) is 13.1 Å². The molecule has 3 rings (SSSR count). The zero-order valence-corrected chi connectivity index (χ0v) is 11.9. The molecular weight excluding hydrogens is 268 g/mol. The number of carboxylic acid groups (broad SMARTS) is 1. The molecule has 5 nitrogen and oxygen atoms in total. The third-order valence-electron chi connectivity index (χ3n) is 4.27. The number of piperidine rings is 1. The van der Waals surface area contributed by atoms with E-state index >= 15 is 0 Å². The van der Waals surface area contributed by atoms with Gasteiger partial charge in [-0.2, -0.15) is 0 Å². The average Bonchev–Trinajstić information content (AvgIpc) is 2.89. The van der Waals surface area contributed by atoms with Crippen LogP contribution in [0.2, 0.25) is 0 Å². The largest absolute Gasteiger partial charge is 0.481 e. The number of amides is 1. The van der Waals surface area contributed by atoms with Crippen LogP contribution >= 0.6 is 0 Å². The van der Waals surface area contributed by atoms with Crippen molar-refractivity contribution >= 4 is 22.8 Å². The van der Waals surface area contributed by atoms with Gasteiger partial charge in [-0.15, -0.1) is 0 Å². The molecule has 2 N–H and O–H groups in total. The molecule has 1 aromatic carbocycles. The fourth-order valence-electron chi connectivity index (χ4n) is 3.06. The standard InChI is InChI=1S/C16H18N2O3/c1-10-9-18(7-6-12(10)16(20)21)15(19)14-8-11-4-2-3-5-13(11)17-14/h2-5,8,10,12,17H,6-7,9H2,1H3,(H,20,21). The van der Waals surface area contributed by atoms with E-state index in [0.29, 0.717) is 25.2 Å². The molecule has 1 aliphatic heterocycles. The number of nitrogens with one attached hydrogen (secondary N) is 1. The number of rotatable bonds is 2. The van der Waals surface area contributed by atoms with Gasteiger partial charge in [0, 0.05) is 24.0 Å². The van der Waals surface area contributed by atoms with Crippen LogP contribution in [-0.2, 0) is 4.79 Å². The van der Waals surface area contributed by atoms with Crippen molar-refractivity contribution in [3.8, 4) is 0 Å². The SMILES string of the molecule is CC1CN(C(=O)c2cc3ccccc3[nH]2)CCC1C(=O)O. The van der Waals surface area contributed by atoms with Crippen molar-refractivity contribution in [2.45, 2.75) is 13.3 Å². The Hall–Kier alpha value is -2.30. The summed E-state index contributed by atoms with van der Waals surface area (Å²) in [4.78, 5) is 28.5. The summed E-state index contributed by atoms with van der Waals surface area (Å²) >= 11 is 0. The van der Waals surface area contributed by atoms with Gasteiger partial charge in [0.1, 0.15) is 5.69 Å². The Morgan fingerprint density at radius 3 is 2.76 bits per heavy atom. The van der Waals surface area contributed by atoms with Crippen LogP contribution in [0.3, 0.4) is 0 Å². The Balaban J connectivity index is 1.78. The van der Waals surface area contributed by atoms with E-state index < -0.39 is 5.97 Å². The highest BCUT2D eigenvalue weighted by Crippen LogP contribution is 2.25. The summed E-state index contributed by atoms with van der Waals surface area (Å²) in [5.41, 5.74) is 1.51. The number of carbonyl (C=O) groups is 2. The van der Waals surface area contributed by atoms with E-state index in [1.54, 1.807) is 4.90 Å². The maximum absolute atomic E-state index is 12.5. The van der Waals surface area contributed by atoms with Crippen LogP contribution in [0, 0.1) is 11.8 Å². The Labute approximate surface area is 122 Å². The van der Waals surface area contributed by atoms with Crippen LogP contribution in [0.1, 0.15) is 23.8 Å². The highest BCUT2D eigenvalue weighted by Gasteiger charge is 2.33. The molecule has 0 saturated carbocycles. The molecule has 110 valence electrons. The molecule has 1 saturated heterocycles. The molecule has 0 bridgehead atoms. The topological polar surface area (TPSA) is 73.4 Å². The fraction of sp³-hybridized carbons (Fsp3) is 0.375. The smallest absolute Gasteiger partial charge is 0.306 e. The van der Waals surface area contributed by atoms with Gasteiger partial charge in [-0.3, -0.25) is 9.59 Å². The van der Waals surface area contributed by atoms with Crippen molar-refractivity contribution in [2.24, 2.45) is 11.8 Å². The first-order valence-corrected chi connectivity index (χ1v) is 7.16. The maximum atomic E-state index is 12.5.